The molecule has 0 bridgehead atoms. The second-order valence-corrected chi connectivity index (χ2v) is 4.24. The molecule has 0 radical (unpaired) electrons. The molecule has 0 spiro atoms. The van der Waals surface area contributed by atoms with Crippen molar-refractivity contribution >= 4 is 11.7 Å². The van der Waals surface area contributed by atoms with Crippen LogP contribution in [0.2, 0.25) is 0 Å². The van der Waals surface area contributed by atoms with Gasteiger partial charge in [0, 0.05) is 13.1 Å². The first-order chi connectivity index (χ1) is 8.18. The number of hydrogen-bond acceptors (Lipinski definition) is 3. The highest BCUT2D eigenvalue weighted by atomic mass is 16.2. The maximum Gasteiger partial charge on any atom is 0.234 e. The zero-order valence-corrected chi connectivity index (χ0v) is 9.85. The molecule has 0 aromatic heterocycles. The van der Waals surface area contributed by atoms with Crippen LogP contribution in [0, 0.1) is 0 Å². The molecular weight excluding hydrogens is 216 g/mol. The Hall–Kier alpha value is -1.68. The number of hydrogen-bond donors (Lipinski definition) is 1. The van der Waals surface area contributed by atoms with Crippen molar-refractivity contribution in [3.05, 3.63) is 35.9 Å². The maximum absolute atomic E-state index is 11.8. The molecule has 1 amide bonds. The predicted molar refractivity (Wildman–Crippen MR) is 64.4 cm³/mol. The van der Waals surface area contributed by atoms with Gasteiger partial charge in [-0.1, -0.05) is 30.3 Å². The van der Waals surface area contributed by atoms with Gasteiger partial charge in [0.2, 0.25) is 5.91 Å². The molecule has 2 rings (SSSR count). The molecule has 1 aliphatic rings. The van der Waals surface area contributed by atoms with E-state index in [9.17, 15) is 9.59 Å². The van der Waals surface area contributed by atoms with Crippen LogP contribution in [0.15, 0.2) is 30.3 Å². The Kier molecular flexibility index (Phi) is 3.54. The van der Waals surface area contributed by atoms with E-state index in [1.807, 2.05) is 35.2 Å². The minimum Gasteiger partial charge on any atom is -0.354 e. The van der Waals surface area contributed by atoms with E-state index in [1.165, 1.54) is 0 Å². The molecule has 0 saturated carbocycles. The number of benzene rings is 1. The van der Waals surface area contributed by atoms with Crippen LogP contribution >= 0.6 is 0 Å². The van der Waals surface area contributed by atoms with Crippen molar-refractivity contribution in [3.8, 4) is 0 Å². The van der Waals surface area contributed by atoms with Crippen LogP contribution in [-0.4, -0.2) is 36.2 Å². The highest BCUT2D eigenvalue weighted by Gasteiger charge is 2.28. The predicted octanol–water partition coefficient (Wildman–Crippen LogP) is 0.748. The summed E-state index contributed by atoms with van der Waals surface area (Å²) in [7, 11) is 0. The van der Waals surface area contributed by atoms with E-state index in [0.29, 0.717) is 19.6 Å². The summed E-state index contributed by atoms with van der Waals surface area (Å²) in [6, 6.07) is 9.30. The minimum absolute atomic E-state index is 0.0153. The Balaban J connectivity index is 2.23. The molecule has 1 fully saturated rings. The average Bonchev–Trinajstić information content (AvgIpc) is 2.30. The molecule has 1 heterocycles. The molecule has 1 aromatic rings. The molecule has 1 aliphatic heterocycles. The summed E-state index contributed by atoms with van der Waals surface area (Å²) in [6.45, 7) is 3.18. The zero-order chi connectivity index (χ0) is 12.3. The quantitative estimate of drug-likeness (QED) is 0.836. The fourth-order valence-corrected chi connectivity index (χ4v) is 2.22. The van der Waals surface area contributed by atoms with E-state index in [1.54, 1.807) is 6.92 Å². The number of carbonyl (C=O) groups is 2. The van der Waals surface area contributed by atoms with Crippen LogP contribution in [0.1, 0.15) is 18.5 Å². The lowest BCUT2D eigenvalue weighted by atomic mass is 10.0. The monoisotopic (exact) mass is 232 g/mol. The van der Waals surface area contributed by atoms with E-state index in [4.69, 9.17) is 0 Å². The molecule has 17 heavy (non-hydrogen) atoms. The summed E-state index contributed by atoms with van der Waals surface area (Å²) < 4.78 is 0. The van der Waals surface area contributed by atoms with Crippen LogP contribution in [-0.2, 0) is 9.59 Å². The van der Waals surface area contributed by atoms with Gasteiger partial charge in [-0.15, -0.1) is 0 Å². The minimum atomic E-state index is -0.303. The van der Waals surface area contributed by atoms with Crippen molar-refractivity contribution in [2.24, 2.45) is 0 Å². The van der Waals surface area contributed by atoms with Gasteiger partial charge >= 0.3 is 0 Å². The fraction of sp³-hybridized carbons (Fsp3) is 0.385. The maximum atomic E-state index is 11.8. The van der Waals surface area contributed by atoms with Crippen molar-refractivity contribution in [2.75, 3.05) is 19.6 Å². The molecule has 90 valence electrons. The van der Waals surface area contributed by atoms with Crippen molar-refractivity contribution in [1.82, 2.24) is 10.2 Å². The second-order valence-electron chi connectivity index (χ2n) is 4.24. The topological polar surface area (TPSA) is 49.4 Å². The van der Waals surface area contributed by atoms with Crippen LogP contribution in [0.3, 0.4) is 0 Å². The number of nitrogens with zero attached hydrogens (tertiary/aromatic N) is 1. The Bertz CT molecular complexity index is 417. The summed E-state index contributed by atoms with van der Waals surface area (Å²) >= 11 is 0. The van der Waals surface area contributed by atoms with E-state index >= 15 is 0 Å². The van der Waals surface area contributed by atoms with Gasteiger partial charge in [-0.2, -0.15) is 0 Å². The molecule has 1 atom stereocenters. The lowest BCUT2D eigenvalue weighted by molar-refractivity contribution is -0.128. The normalized spacial score (nSPS) is 18.5. The summed E-state index contributed by atoms with van der Waals surface area (Å²) in [5.74, 6) is 0.0596. The van der Waals surface area contributed by atoms with Gasteiger partial charge in [0.05, 0.1) is 12.6 Å². The van der Waals surface area contributed by atoms with Gasteiger partial charge in [-0.25, -0.2) is 0 Å². The van der Waals surface area contributed by atoms with E-state index < -0.39 is 0 Å². The first-order valence-corrected chi connectivity index (χ1v) is 5.74. The molecule has 4 heteroatoms. The number of rotatable bonds is 3. The lowest BCUT2D eigenvalue weighted by Crippen LogP contribution is -2.50. The van der Waals surface area contributed by atoms with Gasteiger partial charge in [0.25, 0.3) is 0 Å². The Labute approximate surface area is 101 Å². The third-order valence-electron chi connectivity index (χ3n) is 2.93. The summed E-state index contributed by atoms with van der Waals surface area (Å²) in [5, 5.41) is 2.77. The van der Waals surface area contributed by atoms with Gasteiger partial charge in [-0.05, 0) is 12.5 Å². The number of amides is 1. The molecular formula is C13H16N2O2. The van der Waals surface area contributed by atoms with Crippen molar-refractivity contribution in [1.29, 1.82) is 0 Å². The number of Topliss-reactive ketones (excluding diaryl/α,β-unsaturated/α-hetero) is 1. The van der Waals surface area contributed by atoms with E-state index in [-0.39, 0.29) is 17.7 Å². The molecule has 0 aliphatic carbocycles. The third kappa shape index (κ3) is 2.71. The Morgan fingerprint density at radius 3 is 2.65 bits per heavy atom. The smallest absolute Gasteiger partial charge is 0.234 e. The van der Waals surface area contributed by atoms with Crippen molar-refractivity contribution in [3.63, 3.8) is 0 Å². The number of carbonyl (C=O) groups excluding carboxylic acids is 2. The lowest BCUT2D eigenvalue weighted by Gasteiger charge is -2.32. The summed E-state index contributed by atoms with van der Waals surface area (Å²) in [4.78, 5) is 25.1. The van der Waals surface area contributed by atoms with E-state index in [0.717, 1.165) is 5.56 Å². The zero-order valence-electron chi connectivity index (χ0n) is 9.85. The standard InChI is InChI=1S/C13H16N2O2/c1-10(16)13(11-5-3-2-4-6-11)15-8-7-14-12(17)9-15/h2-6,13H,7-9H2,1H3,(H,14,17). The molecule has 1 N–H and O–H groups in total. The molecule has 4 nitrogen and oxygen atoms in total. The van der Waals surface area contributed by atoms with Gasteiger partial charge in [0.1, 0.15) is 0 Å². The first-order valence-electron chi connectivity index (χ1n) is 5.74. The SMILES string of the molecule is CC(=O)C(c1ccccc1)N1CCNC(=O)C1. The summed E-state index contributed by atoms with van der Waals surface area (Å²) in [6.07, 6.45) is 0. The summed E-state index contributed by atoms with van der Waals surface area (Å²) in [5.41, 5.74) is 0.953. The molecule has 1 aromatic carbocycles. The largest absolute Gasteiger partial charge is 0.354 e. The van der Waals surface area contributed by atoms with Crippen LogP contribution in [0.25, 0.3) is 0 Å². The van der Waals surface area contributed by atoms with Crippen LogP contribution in [0.4, 0.5) is 0 Å². The van der Waals surface area contributed by atoms with Crippen molar-refractivity contribution < 1.29 is 9.59 Å². The van der Waals surface area contributed by atoms with Gasteiger partial charge in [-0.3, -0.25) is 14.5 Å². The Morgan fingerprint density at radius 2 is 2.06 bits per heavy atom. The first kappa shape index (κ1) is 11.8. The second kappa shape index (κ2) is 5.10. The number of nitrogens with one attached hydrogen (secondary N) is 1. The van der Waals surface area contributed by atoms with Gasteiger partial charge in [0.15, 0.2) is 5.78 Å². The number of ketones is 1. The molecule has 1 unspecified atom stereocenters. The number of piperazine rings is 1. The highest BCUT2D eigenvalue weighted by Crippen LogP contribution is 2.21. The average molecular weight is 232 g/mol. The van der Waals surface area contributed by atoms with Crippen molar-refractivity contribution in [2.45, 2.75) is 13.0 Å². The van der Waals surface area contributed by atoms with E-state index in [2.05, 4.69) is 5.32 Å². The fourth-order valence-electron chi connectivity index (χ4n) is 2.22. The van der Waals surface area contributed by atoms with Gasteiger partial charge < -0.3 is 5.32 Å². The Morgan fingerprint density at radius 1 is 1.35 bits per heavy atom. The third-order valence-corrected chi connectivity index (χ3v) is 2.93. The highest BCUT2D eigenvalue weighted by molar-refractivity contribution is 5.85. The van der Waals surface area contributed by atoms with Crippen LogP contribution in [0.5, 0.6) is 0 Å². The molecule has 1 saturated heterocycles. The van der Waals surface area contributed by atoms with Crippen LogP contribution < -0.4 is 5.32 Å².